The van der Waals surface area contributed by atoms with E-state index in [0.29, 0.717) is 11.5 Å². The second-order valence-corrected chi connectivity index (χ2v) is 9.33. The summed E-state index contributed by atoms with van der Waals surface area (Å²) in [6.45, 7) is 4.98. The van der Waals surface area contributed by atoms with E-state index in [1.54, 1.807) is 0 Å². The highest BCUT2D eigenvalue weighted by Gasteiger charge is 2.59. The highest BCUT2D eigenvalue weighted by molar-refractivity contribution is 5.09. The van der Waals surface area contributed by atoms with Crippen molar-refractivity contribution in [2.75, 3.05) is 0 Å². The fourth-order valence-electron chi connectivity index (χ4n) is 7.26. The lowest BCUT2D eigenvalue weighted by atomic mass is 9.45. The molecule has 4 saturated carbocycles. The van der Waals surface area contributed by atoms with Crippen molar-refractivity contribution in [1.29, 1.82) is 0 Å². The highest BCUT2D eigenvalue weighted by atomic mass is 16.3. The van der Waals surface area contributed by atoms with E-state index in [-0.39, 0.29) is 11.5 Å². The Kier molecular flexibility index (Phi) is 3.25. The maximum absolute atomic E-state index is 10.5. The van der Waals surface area contributed by atoms with Crippen LogP contribution in [0, 0.1) is 34.5 Å². The zero-order valence-electron chi connectivity index (χ0n) is 13.9. The van der Waals surface area contributed by atoms with Gasteiger partial charge in [-0.15, -0.1) is 0 Å². The van der Waals surface area contributed by atoms with E-state index >= 15 is 0 Å². The predicted molar refractivity (Wildman–Crippen MR) is 85.7 cm³/mol. The Morgan fingerprint density at radius 1 is 0.857 bits per heavy atom. The van der Waals surface area contributed by atoms with Crippen LogP contribution in [0.5, 0.6) is 0 Å². The number of nitrogens with two attached hydrogens (primary N) is 1. The number of aliphatic hydroxyl groups is 1. The topological polar surface area (TPSA) is 46.2 Å². The van der Waals surface area contributed by atoms with Crippen molar-refractivity contribution in [3.05, 3.63) is 0 Å². The Balaban J connectivity index is 1.62. The van der Waals surface area contributed by atoms with Gasteiger partial charge in [0.25, 0.3) is 0 Å². The predicted octanol–water partition coefficient (Wildman–Crippen LogP) is 3.72. The average Bonchev–Trinajstić information content (AvgIpc) is 2.76. The molecule has 0 aromatic heterocycles. The maximum atomic E-state index is 10.5. The van der Waals surface area contributed by atoms with Gasteiger partial charge in [0.05, 0.1) is 6.10 Å². The third-order valence-corrected chi connectivity index (χ3v) is 8.66. The Morgan fingerprint density at radius 2 is 1.57 bits per heavy atom. The average molecular weight is 291 g/mol. The monoisotopic (exact) mass is 291 g/mol. The Morgan fingerprint density at radius 3 is 2.38 bits per heavy atom. The lowest BCUT2D eigenvalue weighted by Gasteiger charge is -2.60. The maximum Gasteiger partial charge on any atom is 0.0596 e. The second kappa shape index (κ2) is 4.71. The lowest BCUT2D eigenvalue weighted by molar-refractivity contribution is -0.122. The molecule has 0 aromatic rings. The first kappa shape index (κ1) is 14.5. The van der Waals surface area contributed by atoms with Crippen LogP contribution in [0.1, 0.15) is 71.6 Å². The van der Waals surface area contributed by atoms with Gasteiger partial charge in [-0.3, -0.25) is 0 Å². The number of fused-ring (bicyclic) bond motifs is 5. The Hall–Kier alpha value is -0.0800. The molecule has 0 unspecified atom stereocenters. The number of aliphatic hydroxyl groups excluding tert-OH is 1. The molecule has 4 rings (SSSR count). The molecule has 0 saturated heterocycles. The minimum Gasteiger partial charge on any atom is -0.393 e. The minimum atomic E-state index is -0.0336. The van der Waals surface area contributed by atoms with Crippen molar-refractivity contribution in [1.82, 2.24) is 0 Å². The summed E-state index contributed by atoms with van der Waals surface area (Å²) in [5, 5.41) is 10.5. The normalized spacial score (nSPS) is 60.0. The van der Waals surface area contributed by atoms with Gasteiger partial charge < -0.3 is 10.8 Å². The molecule has 120 valence electrons. The van der Waals surface area contributed by atoms with Crippen LogP contribution in [-0.2, 0) is 0 Å². The molecule has 4 fully saturated rings. The van der Waals surface area contributed by atoms with Crippen LogP contribution in [-0.4, -0.2) is 17.3 Å². The fraction of sp³-hybridized carbons (Fsp3) is 1.00. The molecule has 0 heterocycles. The molecular weight excluding hydrogens is 258 g/mol. The van der Waals surface area contributed by atoms with Crippen LogP contribution in [0.3, 0.4) is 0 Å². The molecule has 2 nitrogen and oxygen atoms in total. The van der Waals surface area contributed by atoms with Crippen molar-refractivity contribution in [2.24, 2.45) is 40.2 Å². The smallest absolute Gasteiger partial charge is 0.0596 e. The number of hydrogen-bond donors (Lipinski definition) is 2. The molecule has 8 atom stereocenters. The molecule has 4 aliphatic rings. The van der Waals surface area contributed by atoms with Crippen molar-refractivity contribution in [2.45, 2.75) is 83.8 Å². The first-order valence-electron chi connectivity index (χ1n) is 9.39. The van der Waals surface area contributed by atoms with Crippen LogP contribution in [0.25, 0.3) is 0 Å². The molecule has 3 N–H and O–H groups in total. The van der Waals surface area contributed by atoms with Crippen LogP contribution in [0.2, 0.25) is 0 Å². The molecular formula is C19H33NO. The SMILES string of the molecule is C[C@]12CC[C@@H](N)C[C@@H]1CC[C@@H]1[C@@H]2CC[C@@]2(C)[C@H](O)CC[C@@H]12. The van der Waals surface area contributed by atoms with E-state index < -0.39 is 0 Å². The first-order chi connectivity index (χ1) is 9.95. The molecule has 0 amide bonds. The van der Waals surface area contributed by atoms with E-state index in [4.69, 9.17) is 5.73 Å². The summed E-state index contributed by atoms with van der Waals surface area (Å²) in [5.41, 5.74) is 7.04. The molecule has 0 spiro atoms. The highest BCUT2D eigenvalue weighted by Crippen LogP contribution is 2.66. The minimum absolute atomic E-state index is 0.0336. The van der Waals surface area contributed by atoms with Crippen LogP contribution in [0.15, 0.2) is 0 Å². The van der Waals surface area contributed by atoms with E-state index in [2.05, 4.69) is 13.8 Å². The fourth-order valence-corrected chi connectivity index (χ4v) is 7.26. The first-order valence-corrected chi connectivity index (χ1v) is 9.39. The van der Waals surface area contributed by atoms with Gasteiger partial charge in [-0.2, -0.15) is 0 Å². The van der Waals surface area contributed by atoms with E-state index in [1.165, 1.54) is 51.4 Å². The van der Waals surface area contributed by atoms with E-state index in [1.807, 2.05) is 0 Å². The summed E-state index contributed by atoms with van der Waals surface area (Å²) in [6.07, 6.45) is 11.6. The quantitative estimate of drug-likeness (QED) is 0.714. The molecule has 0 bridgehead atoms. The van der Waals surface area contributed by atoms with Gasteiger partial charge in [0.1, 0.15) is 0 Å². The Labute approximate surface area is 129 Å². The Bertz CT molecular complexity index is 424. The summed E-state index contributed by atoms with van der Waals surface area (Å²) in [7, 11) is 0. The van der Waals surface area contributed by atoms with Crippen molar-refractivity contribution < 1.29 is 5.11 Å². The van der Waals surface area contributed by atoms with Crippen molar-refractivity contribution >= 4 is 0 Å². The second-order valence-electron chi connectivity index (χ2n) is 9.33. The number of hydrogen-bond acceptors (Lipinski definition) is 2. The summed E-state index contributed by atoms with van der Waals surface area (Å²) < 4.78 is 0. The van der Waals surface area contributed by atoms with Gasteiger partial charge in [0, 0.05) is 6.04 Å². The van der Waals surface area contributed by atoms with Gasteiger partial charge in [0.15, 0.2) is 0 Å². The van der Waals surface area contributed by atoms with Crippen molar-refractivity contribution in [3.8, 4) is 0 Å². The van der Waals surface area contributed by atoms with E-state index in [9.17, 15) is 5.11 Å². The van der Waals surface area contributed by atoms with Gasteiger partial charge in [0.2, 0.25) is 0 Å². The molecule has 2 heteroatoms. The summed E-state index contributed by atoms with van der Waals surface area (Å²) in [6, 6.07) is 0.460. The summed E-state index contributed by atoms with van der Waals surface area (Å²) >= 11 is 0. The lowest BCUT2D eigenvalue weighted by Crippen LogP contribution is -2.55. The third-order valence-electron chi connectivity index (χ3n) is 8.66. The molecule has 0 aliphatic heterocycles. The third kappa shape index (κ3) is 1.91. The van der Waals surface area contributed by atoms with Crippen LogP contribution < -0.4 is 5.73 Å². The van der Waals surface area contributed by atoms with Gasteiger partial charge in [-0.25, -0.2) is 0 Å². The molecule has 4 aliphatic carbocycles. The largest absolute Gasteiger partial charge is 0.393 e. The zero-order chi connectivity index (χ0) is 14.8. The van der Waals surface area contributed by atoms with Crippen LogP contribution in [0.4, 0.5) is 0 Å². The van der Waals surface area contributed by atoms with Gasteiger partial charge in [-0.1, -0.05) is 13.8 Å². The van der Waals surface area contributed by atoms with Crippen LogP contribution >= 0.6 is 0 Å². The summed E-state index contributed by atoms with van der Waals surface area (Å²) in [5.74, 6) is 3.46. The summed E-state index contributed by atoms with van der Waals surface area (Å²) in [4.78, 5) is 0. The standard InChI is InChI=1S/C19H33NO/c1-18-9-7-13(20)11-12(18)3-4-14-15-5-6-17(21)19(15,2)10-8-16(14)18/h12-17,21H,3-11,20H2,1-2H3/t12-,13+,14-,15-,16-,17+,18-,19+/m0/s1. The van der Waals surface area contributed by atoms with Crippen molar-refractivity contribution in [3.63, 3.8) is 0 Å². The van der Waals surface area contributed by atoms with Gasteiger partial charge >= 0.3 is 0 Å². The molecule has 21 heavy (non-hydrogen) atoms. The molecule has 0 aromatic carbocycles. The van der Waals surface area contributed by atoms with Gasteiger partial charge in [-0.05, 0) is 92.3 Å². The van der Waals surface area contributed by atoms with E-state index in [0.717, 1.165) is 30.1 Å². The molecule has 0 radical (unpaired) electrons. The zero-order valence-corrected chi connectivity index (χ0v) is 13.9. The number of rotatable bonds is 0.